The van der Waals surface area contributed by atoms with Gasteiger partial charge in [0.05, 0.1) is 12.3 Å². The molecule has 1 aromatic rings. The fourth-order valence-corrected chi connectivity index (χ4v) is 1.20. The maximum atomic E-state index is 7.00. The van der Waals surface area contributed by atoms with Gasteiger partial charge in [-0.25, -0.2) is 5.43 Å². The Morgan fingerprint density at radius 1 is 1.38 bits per heavy atom. The number of hydrazine groups is 1. The lowest BCUT2D eigenvalue weighted by Crippen LogP contribution is -2.33. The van der Waals surface area contributed by atoms with Crippen LogP contribution in [-0.2, 0) is 0 Å². The van der Waals surface area contributed by atoms with Gasteiger partial charge in [-0.05, 0) is 17.7 Å². The van der Waals surface area contributed by atoms with Gasteiger partial charge in [-0.3, -0.25) is 16.7 Å². The summed E-state index contributed by atoms with van der Waals surface area (Å²) in [4.78, 5) is 0. The SMILES string of the molecule is N=C(N)N/N=C(\CNN)c1ccc(Cl)cc1. The number of nitrogens with two attached hydrogens (primary N) is 2. The van der Waals surface area contributed by atoms with E-state index in [1.165, 1.54) is 0 Å². The standard InChI is InChI=1S/C9H13ClN6/c10-7-3-1-6(2-4-7)8(5-14-13)15-16-9(11)12/h1-4,14H,5,13H2,(H4,11,12,16)/b15-8+. The Labute approximate surface area is 98.1 Å². The van der Waals surface area contributed by atoms with Gasteiger partial charge in [-0.1, -0.05) is 23.7 Å². The molecule has 7 heteroatoms. The zero-order valence-corrected chi connectivity index (χ0v) is 9.25. The van der Waals surface area contributed by atoms with Crippen molar-refractivity contribution in [2.45, 2.75) is 0 Å². The van der Waals surface area contributed by atoms with Crippen LogP contribution in [0.2, 0.25) is 5.02 Å². The van der Waals surface area contributed by atoms with E-state index in [1.807, 2.05) is 0 Å². The molecule has 0 amide bonds. The number of guanidine groups is 1. The summed E-state index contributed by atoms with van der Waals surface area (Å²) in [5.74, 6) is 5.00. The molecule has 1 aromatic carbocycles. The third kappa shape index (κ3) is 3.85. The summed E-state index contributed by atoms with van der Waals surface area (Å²) in [5.41, 5.74) is 11.5. The van der Waals surface area contributed by atoms with E-state index in [-0.39, 0.29) is 5.96 Å². The normalized spacial score (nSPS) is 11.2. The number of rotatable bonds is 4. The summed E-state index contributed by atoms with van der Waals surface area (Å²) in [5, 5.41) is 11.6. The molecular weight excluding hydrogens is 228 g/mol. The molecule has 86 valence electrons. The van der Waals surface area contributed by atoms with Crippen LogP contribution in [-0.4, -0.2) is 18.2 Å². The average Bonchev–Trinajstić information content (AvgIpc) is 2.25. The second-order valence-corrected chi connectivity index (χ2v) is 3.41. The van der Waals surface area contributed by atoms with Gasteiger partial charge in [-0.15, -0.1) is 0 Å². The lowest BCUT2D eigenvalue weighted by Gasteiger charge is -2.06. The number of hydrogen-bond donors (Lipinski definition) is 5. The van der Waals surface area contributed by atoms with Crippen molar-refractivity contribution in [2.75, 3.05) is 6.54 Å². The maximum absolute atomic E-state index is 7.00. The Morgan fingerprint density at radius 3 is 2.50 bits per heavy atom. The minimum absolute atomic E-state index is 0.233. The van der Waals surface area contributed by atoms with Crippen LogP contribution >= 0.6 is 11.6 Å². The van der Waals surface area contributed by atoms with Crippen molar-refractivity contribution in [3.05, 3.63) is 34.9 Å². The van der Waals surface area contributed by atoms with Crippen LogP contribution in [0.5, 0.6) is 0 Å². The first-order chi connectivity index (χ1) is 7.63. The second-order valence-electron chi connectivity index (χ2n) is 2.97. The highest BCUT2D eigenvalue weighted by Gasteiger charge is 2.02. The molecular formula is C9H13ClN6. The first kappa shape index (κ1) is 12.4. The van der Waals surface area contributed by atoms with E-state index in [2.05, 4.69) is 16.0 Å². The van der Waals surface area contributed by atoms with Crippen LogP contribution in [0.4, 0.5) is 0 Å². The molecule has 0 aliphatic heterocycles. The predicted octanol–water partition coefficient (Wildman–Crippen LogP) is -0.00953. The number of hydrazone groups is 1. The smallest absolute Gasteiger partial charge is 0.206 e. The van der Waals surface area contributed by atoms with E-state index in [9.17, 15) is 0 Å². The summed E-state index contributed by atoms with van der Waals surface area (Å²) in [6.45, 7) is 0.349. The summed E-state index contributed by atoms with van der Waals surface area (Å²) >= 11 is 5.77. The molecule has 0 saturated heterocycles. The van der Waals surface area contributed by atoms with Crippen molar-refractivity contribution in [3.8, 4) is 0 Å². The Hall–Kier alpha value is -1.63. The molecule has 0 fully saturated rings. The van der Waals surface area contributed by atoms with Crippen LogP contribution in [0.25, 0.3) is 0 Å². The molecule has 0 heterocycles. The number of halogens is 1. The average molecular weight is 241 g/mol. The molecule has 0 radical (unpaired) electrons. The Bertz CT molecular complexity index is 385. The molecule has 0 aliphatic carbocycles. The number of benzene rings is 1. The van der Waals surface area contributed by atoms with Crippen molar-refractivity contribution in [2.24, 2.45) is 16.7 Å². The molecule has 0 bridgehead atoms. The predicted molar refractivity (Wildman–Crippen MR) is 65.2 cm³/mol. The number of nitrogens with zero attached hydrogens (tertiary/aromatic N) is 1. The Morgan fingerprint density at radius 2 is 2.00 bits per heavy atom. The molecule has 16 heavy (non-hydrogen) atoms. The van der Waals surface area contributed by atoms with Crippen LogP contribution < -0.4 is 22.4 Å². The summed E-state index contributed by atoms with van der Waals surface area (Å²) in [7, 11) is 0. The van der Waals surface area contributed by atoms with Gasteiger partial charge in [0.2, 0.25) is 5.96 Å². The van der Waals surface area contributed by atoms with Gasteiger partial charge in [-0.2, -0.15) is 5.10 Å². The minimum atomic E-state index is -0.233. The first-order valence-corrected chi connectivity index (χ1v) is 4.87. The third-order valence-electron chi connectivity index (χ3n) is 1.76. The molecule has 0 saturated carbocycles. The Balaban J connectivity index is 2.88. The van der Waals surface area contributed by atoms with Crippen molar-refractivity contribution < 1.29 is 0 Å². The first-order valence-electron chi connectivity index (χ1n) is 4.49. The van der Waals surface area contributed by atoms with Crippen LogP contribution in [0, 0.1) is 5.41 Å². The maximum Gasteiger partial charge on any atom is 0.206 e. The van der Waals surface area contributed by atoms with Gasteiger partial charge in [0.15, 0.2) is 0 Å². The van der Waals surface area contributed by atoms with Gasteiger partial charge < -0.3 is 5.73 Å². The second kappa shape index (κ2) is 6.06. The van der Waals surface area contributed by atoms with E-state index >= 15 is 0 Å². The summed E-state index contributed by atoms with van der Waals surface area (Å²) in [6.07, 6.45) is 0. The molecule has 1 rings (SSSR count). The third-order valence-corrected chi connectivity index (χ3v) is 2.01. The topological polar surface area (TPSA) is 112 Å². The lowest BCUT2D eigenvalue weighted by molar-refractivity contribution is 0.835. The highest BCUT2D eigenvalue weighted by atomic mass is 35.5. The fraction of sp³-hybridized carbons (Fsp3) is 0.111. The molecule has 0 aromatic heterocycles. The van der Waals surface area contributed by atoms with E-state index in [1.54, 1.807) is 24.3 Å². The van der Waals surface area contributed by atoms with Gasteiger partial charge >= 0.3 is 0 Å². The van der Waals surface area contributed by atoms with E-state index < -0.39 is 0 Å². The van der Waals surface area contributed by atoms with Gasteiger partial charge in [0.25, 0.3) is 0 Å². The summed E-state index contributed by atoms with van der Waals surface area (Å²) in [6, 6.07) is 7.11. The van der Waals surface area contributed by atoms with Gasteiger partial charge in [0, 0.05) is 5.02 Å². The van der Waals surface area contributed by atoms with Crippen molar-refractivity contribution in [3.63, 3.8) is 0 Å². The molecule has 0 aliphatic rings. The number of hydrogen-bond acceptors (Lipinski definition) is 4. The molecule has 6 nitrogen and oxygen atoms in total. The summed E-state index contributed by atoms with van der Waals surface area (Å²) < 4.78 is 0. The molecule has 0 unspecified atom stereocenters. The van der Waals surface area contributed by atoms with Crippen LogP contribution in [0.1, 0.15) is 5.56 Å². The fourth-order valence-electron chi connectivity index (χ4n) is 1.07. The van der Waals surface area contributed by atoms with Gasteiger partial charge in [0.1, 0.15) is 0 Å². The molecule has 0 spiro atoms. The monoisotopic (exact) mass is 240 g/mol. The Kier molecular flexibility index (Phi) is 4.71. The van der Waals surface area contributed by atoms with E-state index in [0.717, 1.165) is 5.56 Å². The largest absolute Gasteiger partial charge is 0.369 e. The van der Waals surface area contributed by atoms with Crippen molar-refractivity contribution in [1.82, 2.24) is 10.9 Å². The van der Waals surface area contributed by atoms with E-state index in [0.29, 0.717) is 17.3 Å². The number of nitrogens with one attached hydrogen (secondary N) is 3. The zero-order chi connectivity index (χ0) is 12.0. The van der Waals surface area contributed by atoms with Crippen LogP contribution in [0.3, 0.4) is 0 Å². The molecule has 0 atom stereocenters. The highest BCUT2D eigenvalue weighted by molar-refractivity contribution is 6.30. The van der Waals surface area contributed by atoms with E-state index in [4.69, 9.17) is 28.6 Å². The lowest BCUT2D eigenvalue weighted by atomic mass is 10.1. The molecule has 7 N–H and O–H groups in total. The quantitative estimate of drug-likeness (QED) is 0.221. The van der Waals surface area contributed by atoms with Crippen LogP contribution in [0.15, 0.2) is 29.4 Å². The minimum Gasteiger partial charge on any atom is -0.369 e. The van der Waals surface area contributed by atoms with Crippen molar-refractivity contribution >= 4 is 23.3 Å². The zero-order valence-electron chi connectivity index (χ0n) is 8.50. The highest BCUT2D eigenvalue weighted by Crippen LogP contribution is 2.10. The van der Waals surface area contributed by atoms with Crippen molar-refractivity contribution in [1.29, 1.82) is 5.41 Å².